The van der Waals surface area contributed by atoms with Crippen LogP contribution in [0.1, 0.15) is 44.7 Å². The predicted molar refractivity (Wildman–Crippen MR) is 138 cm³/mol. The molecule has 2 aromatic rings. The number of fused-ring (bicyclic) bond motifs is 1. The summed E-state index contributed by atoms with van der Waals surface area (Å²) >= 11 is 0. The fraction of sp³-hybridized carbons (Fsp3) is 0.600. The third-order valence-corrected chi connectivity index (χ3v) is 7.24. The maximum absolute atomic E-state index is 12.4. The minimum atomic E-state index is -1.44. The number of anilines is 1. The van der Waals surface area contributed by atoms with Crippen LogP contribution in [-0.4, -0.2) is 103 Å². The van der Waals surface area contributed by atoms with E-state index in [1.54, 1.807) is 11.8 Å². The van der Waals surface area contributed by atoms with Crippen LogP contribution in [-0.2, 0) is 19.1 Å². The fourth-order valence-corrected chi connectivity index (χ4v) is 5.03. The number of aromatic nitrogens is 4. The molecule has 5 unspecified atom stereocenters. The highest BCUT2D eigenvalue weighted by molar-refractivity contribution is 5.83. The summed E-state index contributed by atoms with van der Waals surface area (Å²) in [5, 5.41) is 26.2. The highest BCUT2D eigenvalue weighted by Crippen LogP contribution is 2.32. The van der Waals surface area contributed by atoms with E-state index < -0.39 is 42.6 Å². The molecule has 15 nitrogen and oxygen atoms in total. The lowest BCUT2D eigenvalue weighted by atomic mass is 9.94. The Morgan fingerprint density at radius 3 is 2.75 bits per heavy atom. The Balaban J connectivity index is 1.21. The highest BCUT2D eigenvalue weighted by atomic mass is 16.6. The molecule has 6 N–H and O–H groups in total. The van der Waals surface area contributed by atoms with Crippen LogP contribution in [0.2, 0.25) is 0 Å². The number of nitrogens with two attached hydrogens (primary N) is 1. The van der Waals surface area contributed by atoms with Gasteiger partial charge < -0.3 is 41.0 Å². The summed E-state index contributed by atoms with van der Waals surface area (Å²) in [5.74, 6) is 5.88. The van der Waals surface area contributed by atoms with E-state index >= 15 is 0 Å². The van der Waals surface area contributed by atoms with Crippen molar-refractivity contribution in [1.82, 2.24) is 35.1 Å². The number of carbonyl (C=O) groups is 3. The van der Waals surface area contributed by atoms with Crippen LogP contribution in [0.5, 0.6) is 0 Å². The molecule has 0 spiro atoms. The second-order valence-electron chi connectivity index (χ2n) is 10.0. The Hall–Kier alpha value is -4.00. The van der Waals surface area contributed by atoms with Gasteiger partial charge in [0, 0.05) is 26.1 Å². The molecule has 3 amide bonds. The Bertz CT molecular complexity index is 1350. The molecular weight excluding hydrogens is 524 g/mol. The molecule has 0 aliphatic carbocycles. The summed E-state index contributed by atoms with van der Waals surface area (Å²) in [5.41, 5.74) is 6.61. The van der Waals surface area contributed by atoms with Gasteiger partial charge in [0.25, 0.3) is 5.91 Å². The van der Waals surface area contributed by atoms with Crippen molar-refractivity contribution in [2.45, 2.75) is 63.3 Å². The number of amides is 3. The van der Waals surface area contributed by atoms with Crippen LogP contribution in [0.25, 0.3) is 11.2 Å². The molecule has 15 heteroatoms. The van der Waals surface area contributed by atoms with Crippen LogP contribution in [0.4, 0.5) is 10.6 Å². The van der Waals surface area contributed by atoms with E-state index in [0.29, 0.717) is 32.6 Å². The number of rotatable bonds is 5. The fourth-order valence-electron chi connectivity index (χ4n) is 5.03. The number of carbonyl (C=O) groups excluding carboxylic acids is 3. The quantitative estimate of drug-likeness (QED) is 0.272. The minimum Gasteiger partial charge on any atom is -0.444 e. The molecule has 40 heavy (non-hydrogen) atoms. The molecule has 5 heterocycles. The summed E-state index contributed by atoms with van der Waals surface area (Å²) in [6.45, 7) is 3.52. The van der Waals surface area contributed by atoms with Crippen molar-refractivity contribution in [2.24, 2.45) is 5.92 Å². The zero-order valence-electron chi connectivity index (χ0n) is 21.9. The number of nitrogens with one attached hydrogen (secondary N) is 2. The number of piperidine rings is 1. The van der Waals surface area contributed by atoms with Gasteiger partial charge in [-0.05, 0) is 31.6 Å². The molecule has 0 bridgehead atoms. The Labute approximate surface area is 229 Å². The van der Waals surface area contributed by atoms with E-state index in [0.717, 1.165) is 12.8 Å². The highest BCUT2D eigenvalue weighted by Gasteiger charge is 2.47. The first-order chi connectivity index (χ1) is 19.2. The van der Waals surface area contributed by atoms with Crippen LogP contribution in [0.3, 0.4) is 0 Å². The Morgan fingerprint density at radius 2 is 2.05 bits per heavy atom. The van der Waals surface area contributed by atoms with E-state index in [-0.39, 0.29) is 41.1 Å². The Kier molecular flexibility index (Phi) is 8.01. The first-order valence-corrected chi connectivity index (χ1v) is 13.3. The number of aliphatic hydroxyl groups excluding tert-OH is 2. The predicted octanol–water partition coefficient (Wildman–Crippen LogP) is -1.36. The van der Waals surface area contributed by atoms with Crippen molar-refractivity contribution in [3.63, 3.8) is 0 Å². The second-order valence-corrected chi connectivity index (χ2v) is 10.0. The van der Waals surface area contributed by atoms with Crippen LogP contribution >= 0.6 is 0 Å². The first-order valence-electron chi connectivity index (χ1n) is 13.3. The average Bonchev–Trinajstić information content (AvgIpc) is 3.62. The number of hydrogen-bond donors (Lipinski definition) is 5. The standard InChI is InChI=1S/C25H32N8O7/c1-2-27-23(37)20-18(35)19(36)24(40-20)33-12-29-17-21(26)30-15(31-22(17)33)5-3-4-13-6-8-32(9-7-13)25(38)39-14-10-16(34)28-11-14/h12-14,18-20,24,35-36H,2,4,6-11H2,1H3,(H,27,37)(H,28,34)(H2,26,30,31). The third kappa shape index (κ3) is 5.64. The zero-order valence-corrected chi connectivity index (χ0v) is 21.9. The monoisotopic (exact) mass is 556 g/mol. The maximum atomic E-state index is 12.4. The normalized spacial score (nSPS) is 26.8. The maximum Gasteiger partial charge on any atom is 0.410 e. The van der Waals surface area contributed by atoms with Gasteiger partial charge in [0.2, 0.25) is 11.7 Å². The molecule has 3 saturated heterocycles. The van der Waals surface area contributed by atoms with Crippen LogP contribution in [0, 0.1) is 17.8 Å². The van der Waals surface area contributed by atoms with E-state index in [1.165, 1.54) is 10.9 Å². The van der Waals surface area contributed by atoms with Crippen molar-refractivity contribution >= 4 is 34.9 Å². The topological polar surface area (TPSA) is 207 Å². The lowest BCUT2D eigenvalue weighted by molar-refractivity contribution is -0.137. The van der Waals surface area contributed by atoms with Gasteiger partial charge in [-0.3, -0.25) is 14.2 Å². The lowest BCUT2D eigenvalue weighted by Gasteiger charge is -2.31. The van der Waals surface area contributed by atoms with Crippen molar-refractivity contribution in [1.29, 1.82) is 0 Å². The van der Waals surface area contributed by atoms with Gasteiger partial charge in [-0.2, -0.15) is 0 Å². The minimum absolute atomic E-state index is 0.0901. The molecule has 214 valence electrons. The van der Waals surface area contributed by atoms with Gasteiger partial charge in [0.1, 0.15) is 23.8 Å². The van der Waals surface area contributed by atoms with Gasteiger partial charge in [0.05, 0.1) is 19.3 Å². The molecule has 2 aromatic heterocycles. The number of nitrogens with zero attached hydrogens (tertiary/aromatic N) is 5. The van der Waals surface area contributed by atoms with Crippen LogP contribution < -0.4 is 16.4 Å². The van der Waals surface area contributed by atoms with Crippen molar-refractivity contribution in [3.05, 3.63) is 12.2 Å². The summed E-state index contributed by atoms with van der Waals surface area (Å²) in [6.07, 6.45) is -2.41. The number of aliphatic hydroxyl groups is 2. The van der Waals surface area contributed by atoms with E-state index in [1.807, 2.05) is 0 Å². The molecule has 0 aromatic carbocycles. The Morgan fingerprint density at radius 1 is 1.27 bits per heavy atom. The number of hydrogen-bond acceptors (Lipinski definition) is 11. The molecule has 0 radical (unpaired) electrons. The second kappa shape index (κ2) is 11.6. The number of ether oxygens (including phenoxy) is 2. The molecule has 3 fully saturated rings. The van der Waals surface area contributed by atoms with Crippen molar-refractivity contribution < 1.29 is 34.1 Å². The summed E-state index contributed by atoms with van der Waals surface area (Å²) in [7, 11) is 0. The van der Waals surface area contributed by atoms with Crippen molar-refractivity contribution in [2.75, 3.05) is 31.9 Å². The SMILES string of the molecule is CCNC(=O)C1OC(n2cnc3c(N)nc(C#CCC4CCN(C(=O)OC5CNC(=O)C5)CC4)nc32)C(O)C1O. The lowest BCUT2D eigenvalue weighted by Crippen LogP contribution is -2.42. The first kappa shape index (κ1) is 27.6. The van der Waals surface area contributed by atoms with E-state index in [4.69, 9.17) is 15.2 Å². The summed E-state index contributed by atoms with van der Waals surface area (Å²) in [4.78, 5) is 50.4. The van der Waals surface area contributed by atoms with Gasteiger partial charge in [-0.15, -0.1) is 0 Å². The smallest absolute Gasteiger partial charge is 0.410 e. The third-order valence-electron chi connectivity index (χ3n) is 7.24. The largest absolute Gasteiger partial charge is 0.444 e. The number of nitrogen functional groups attached to an aromatic ring is 1. The number of likely N-dealkylation sites (N-methyl/N-ethyl adjacent to an activating group) is 1. The molecule has 0 saturated carbocycles. The van der Waals surface area contributed by atoms with E-state index in [9.17, 15) is 24.6 Å². The summed E-state index contributed by atoms with van der Waals surface area (Å²) in [6, 6.07) is 0. The van der Waals surface area contributed by atoms with Gasteiger partial charge in [0.15, 0.2) is 23.8 Å². The molecule has 3 aliphatic heterocycles. The zero-order chi connectivity index (χ0) is 28.4. The molecule has 5 atom stereocenters. The summed E-state index contributed by atoms with van der Waals surface area (Å²) < 4.78 is 12.5. The number of likely N-dealkylation sites (tertiary alicyclic amines) is 1. The van der Waals surface area contributed by atoms with Gasteiger partial charge >= 0.3 is 6.09 Å². The molecule has 5 rings (SSSR count). The molecule has 3 aliphatic rings. The number of imidazole rings is 1. The van der Waals surface area contributed by atoms with Gasteiger partial charge in [-0.25, -0.2) is 19.7 Å². The molecular formula is C25H32N8O7. The van der Waals surface area contributed by atoms with Crippen molar-refractivity contribution in [3.8, 4) is 11.8 Å². The van der Waals surface area contributed by atoms with Gasteiger partial charge in [-0.1, -0.05) is 5.92 Å². The van der Waals surface area contributed by atoms with Crippen LogP contribution in [0.15, 0.2) is 6.33 Å². The average molecular weight is 557 g/mol. The van der Waals surface area contributed by atoms with E-state index in [2.05, 4.69) is 37.4 Å².